The number of fused-ring (bicyclic) bond motifs is 5. The number of aryl methyl sites for hydroxylation is 2. The van der Waals surface area contributed by atoms with Gasteiger partial charge in [0.05, 0.1) is 29.7 Å². The van der Waals surface area contributed by atoms with Crippen LogP contribution in [0.2, 0.25) is 0 Å². The Labute approximate surface area is 210 Å². The van der Waals surface area contributed by atoms with Gasteiger partial charge in [-0.2, -0.15) is 0 Å². The third kappa shape index (κ3) is 3.10. The molecule has 0 amide bonds. The maximum absolute atomic E-state index is 5.08. The third-order valence-corrected chi connectivity index (χ3v) is 9.34. The van der Waals surface area contributed by atoms with Gasteiger partial charge < -0.3 is 20.6 Å². The van der Waals surface area contributed by atoms with Crippen LogP contribution in [0.5, 0.6) is 0 Å². The second-order valence-electron chi connectivity index (χ2n) is 11.7. The summed E-state index contributed by atoms with van der Waals surface area (Å²) in [6.45, 7) is 0. The summed E-state index contributed by atoms with van der Waals surface area (Å²) in [4.78, 5) is 17.0. The Kier molecular flexibility index (Phi) is 3.97. The standard InChI is InChI=1S/C30H30N6/c1-3-16(27-14-31-29(35-27)25-12-19-10-23(19)32-25)4-2-15(1)17-5-7-21-18(9-17)6-8-22-28(21)36-30(34-22)26-13-20-11-24(20)33-26/h1-5,7,9,14,19-20,23-26,32-33H,6,8,10-13H2,(H,31,35)(H,34,36)/t19-,20-,23-,24-,25+,26+/m1/s1. The van der Waals surface area contributed by atoms with Gasteiger partial charge in [-0.05, 0) is 72.6 Å². The van der Waals surface area contributed by atoms with E-state index < -0.39 is 0 Å². The first-order valence-electron chi connectivity index (χ1n) is 13.6. The van der Waals surface area contributed by atoms with Gasteiger partial charge in [-0.15, -0.1) is 0 Å². The van der Waals surface area contributed by atoms with Crippen molar-refractivity contribution in [2.75, 3.05) is 0 Å². The van der Waals surface area contributed by atoms with E-state index in [1.54, 1.807) is 0 Å². The van der Waals surface area contributed by atoms with Gasteiger partial charge in [0, 0.05) is 23.3 Å². The highest BCUT2D eigenvalue weighted by molar-refractivity contribution is 5.76. The lowest BCUT2D eigenvalue weighted by atomic mass is 9.89. The highest BCUT2D eigenvalue weighted by Gasteiger charge is 2.47. The molecule has 6 nitrogen and oxygen atoms in total. The Hall–Kier alpha value is -3.22. The highest BCUT2D eigenvalue weighted by atomic mass is 15.1. The fourth-order valence-corrected chi connectivity index (χ4v) is 7.04. The quantitative estimate of drug-likeness (QED) is 0.333. The summed E-state index contributed by atoms with van der Waals surface area (Å²) in [5.74, 6) is 3.97. The van der Waals surface area contributed by atoms with Crippen LogP contribution in [0.25, 0.3) is 33.6 Å². The summed E-state index contributed by atoms with van der Waals surface area (Å²) in [7, 11) is 0. The van der Waals surface area contributed by atoms with Crippen molar-refractivity contribution in [2.24, 2.45) is 11.8 Å². The molecule has 4 N–H and O–H groups in total. The fourth-order valence-electron chi connectivity index (χ4n) is 7.04. The van der Waals surface area contributed by atoms with Gasteiger partial charge in [0.15, 0.2) is 0 Å². The number of hydrogen-bond acceptors (Lipinski definition) is 4. The average Bonchev–Trinajstić information content (AvgIpc) is 3.49. The summed E-state index contributed by atoms with van der Waals surface area (Å²) < 4.78 is 0. The lowest BCUT2D eigenvalue weighted by Gasteiger charge is -2.16. The summed E-state index contributed by atoms with van der Waals surface area (Å²) in [6.07, 6.45) is 9.23. The number of benzene rings is 2. The number of rotatable bonds is 4. The summed E-state index contributed by atoms with van der Waals surface area (Å²) in [5.41, 5.74) is 9.99. The van der Waals surface area contributed by atoms with E-state index in [-0.39, 0.29) is 0 Å². The molecule has 4 fully saturated rings. The average molecular weight is 475 g/mol. The Morgan fingerprint density at radius 1 is 0.694 bits per heavy atom. The first kappa shape index (κ1) is 19.9. The van der Waals surface area contributed by atoms with Crippen molar-refractivity contribution in [2.45, 2.75) is 62.7 Å². The number of hydrogen-bond donors (Lipinski definition) is 4. The number of nitrogens with one attached hydrogen (secondary N) is 4. The number of aromatic nitrogens is 4. The first-order chi connectivity index (χ1) is 17.7. The topological polar surface area (TPSA) is 81.4 Å². The van der Waals surface area contributed by atoms with E-state index in [4.69, 9.17) is 4.98 Å². The zero-order valence-electron chi connectivity index (χ0n) is 20.2. The van der Waals surface area contributed by atoms with Crippen LogP contribution in [0.4, 0.5) is 0 Å². The number of nitrogens with zero attached hydrogens (tertiary/aromatic N) is 2. The van der Waals surface area contributed by atoms with Crippen LogP contribution < -0.4 is 10.6 Å². The SMILES string of the molecule is c1cc(-c2cnc([C@@H]3C[C@H]4C[C@H]4N3)[nH]2)ccc1-c1ccc2c(c1)CCc1[nH]c([C@@H]3C[C@H]4C[C@H]4N3)nc1-2. The lowest BCUT2D eigenvalue weighted by molar-refractivity contribution is 0.542. The van der Waals surface area contributed by atoms with Gasteiger partial charge in [-0.25, -0.2) is 9.97 Å². The summed E-state index contributed by atoms with van der Waals surface area (Å²) >= 11 is 0. The molecule has 2 saturated heterocycles. The van der Waals surface area contributed by atoms with E-state index in [9.17, 15) is 0 Å². The largest absolute Gasteiger partial charge is 0.344 e. The van der Waals surface area contributed by atoms with E-state index in [1.807, 2.05) is 6.20 Å². The molecule has 6 heteroatoms. The second-order valence-corrected chi connectivity index (χ2v) is 11.7. The molecule has 9 rings (SSSR count). The van der Waals surface area contributed by atoms with E-state index in [2.05, 4.69) is 68.1 Å². The molecule has 4 aromatic rings. The monoisotopic (exact) mass is 474 g/mol. The Bertz CT molecular complexity index is 1480. The van der Waals surface area contributed by atoms with E-state index in [0.29, 0.717) is 12.1 Å². The van der Waals surface area contributed by atoms with Crippen molar-refractivity contribution in [1.29, 1.82) is 0 Å². The summed E-state index contributed by atoms with van der Waals surface area (Å²) in [5, 5.41) is 7.43. The molecule has 5 aliphatic rings. The predicted molar refractivity (Wildman–Crippen MR) is 139 cm³/mol. The van der Waals surface area contributed by atoms with Crippen LogP contribution in [0.15, 0.2) is 48.7 Å². The Morgan fingerprint density at radius 2 is 1.42 bits per heavy atom. The van der Waals surface area contributed by atoms with Crippen molar-refractivity contribution in [3.63, 3.8) is 0 Å². The second kappa shape index (κ2) is 7.17. The van der Waals surface area contributed by atoms with Gasteiger partial charge in [-0.3, -0.25) is 0 Å². The van der Waals surface area contributed by atoms with Crippen LogP contribution in [0, 0.1) is 11.8 Å². The molecule has 0 unspecified atom stereocenters. The molecule has 2 saturated carbocycles. The van der Waals surface area contributed by atoms with Crippen LogP contribution in [0.1, 0.15) is 60.7 Å². The third-order valence-electron chi connectivity index (χ3n) is 9.34. The Balaban J connectivity index is 0.963. The predicted octanol–water partition coefficient (Wildman–Crippen LogP) is 5.08. The molecular weight excluding hydrogens is 444 g/mol. The lowest BCUT2D eigenvalue weighted by Crippen LogP contribution is -2.18. The van der Waals surface area contributed by atoms with E-state index in [1.165, 1.54) is 64.9 Å². The molecule has 0 spiro atoms. The fraction of sp³-hybridized carbons (Fsp3) is 0.400. The van der Waals surface area contributed by atoms with Gasteiger partial charge >= 0.3 is 0 Å². The molecule has 36 heavy (non-hydrogen) atoms. The maximum atomic E-state index is 5.08. The minimum absolute atomic E-state index is 0.392. The van der Waals surface area contributed by atoms with Gasteiger partial charge in [0.1, 0.15) is 11.6 Å². The molecule has 2 aromatic carbocycles. The molecule has 0 radical (unpaired) electrons. The van der Waals surface area contributed by atoms with Crippen molar-refractivity contribution in [3.8, 4) is 33.6 Å². The van der Waals surface area contributed by atoms with Crippen molar-refractivity contribution >= 4 is 0 Å². The van der Waals surface area contributed by atoms with Crippen LogP contribution in [-0.2, 0) is 12.8 Å². The molecule has 6 atom stereocenters. The minimum atomic E-state index is 0.392. The van der Waals surface area contributed by atoms with Gasteiger partial charge in [0.2, 0.25) is 0 Å². The molecule has 2 aromatic heterocycles. The van der Waals surface area contributed by atoms with Crippen molar-refractivity contribution in [3.05, 3.63) is 71.6 Å². The highest BCUT2D eigenvalue weighted by Crippen LogP contribution is 2.47. The maximum Gasteiger partial charge on any atom is 0.124 e. The number of piperidine rings is 2. The van der Waals surface area contributed by atoms with E-state index in [0.717, 1.165) is 54.1 Å². The number of H-pyrrole nitrogens is 2. The van der Waals surface area contributed by atoms with Crippen LogP contribution in [-0.4, -0.2) is 32.0 Å². The van der Waals surface area contributed by atoms with Crippen molar-refractivity contribution < 1.29 is 0 Å². The Morgan fingerprint density at radius 3 is 2.17 bits per heavy atom. The molecular formula is C30H30N6. The number of imidazole rings is 2. The smallest absolute Gasteiger partial charge is 0.124 e. The molecule has 180 valence electrons. The zero-order valence-corrected chi connectivity index (χ0v) is 20.2. The van der Waals surface area contributed by atoms with Gasteiger partial charge in [0.25, 0.3) is 0 Å². The van der Waals surface area contributed by atoms with Crippen molar-refractivity contribution in [1.82, 2.24) is 30.6 Å². The van der Waals surface area contributed by atoms with Gasteiger partial charge in [-0.1, -0.05) is 42.5 Å². The van der Waals surface area contributed by atoms with E-state index >= 15 is 0 Å². The minimum Gasteiger partial charge on any atom is -0.344 e. The molecule has 0 bridgehead atoms. The number of aromatic amines is 2. The summed E-state index contributed by atoms with van der Waals surface area (Å²) in [6, 6.07) is 18.1. The van der Waals surface area contributed by atoms with Crippen LogP contribution in [0.3, 0.4) is 0 Å². The zero-order chi connectivity index (χ0) is 23.4. The van der Waals surface area contributed by atoms with Crippen LogP contribution >= 0.6 is 0 Å². The first-order valence-corrected chi connectivity index (χ1v) is 13.6. The molecule has 4 heterocycles. The molecule has 3 aliphatic carbocycles. The normalized spacial score (nSPS) is 31.0. The molecule has 2 aliphatic heterocycles.